The number of carbonyl (C=O) groups excluding carboxylic acids is 2. The number of aliphatic hydroxyl groups excluding tert-OH is 1. The number of carbonyl (C=O) groups is 2. The van der Waals surface area contributed by atoms with Crippen molar-refractivity contribution in [1.29, 1.82) is 0 Å². The van der Waals surface area contributed by atoms with Crippen LogP contribution >= 0.6 is 0 Å². The first kappa shape index (κ1) is 21.0. The first-order valence-corrected chi connectivity index (χ1v) is 10.2. The number of amides is 1. The topological polar surface area (TPSA) is 92.2 Å². The molecule has 1 N–H and O–H groups in total. The van der Waals surface area contributed by atoms with Crippen molar-refractivity contribution in [2.45, 2.75) is 6.04 Å². The van der Waals surface area contributed by atoms with Crippen LogP contribution in [0.1, 0.15) is 17.3 Å². The maximum Gasteiger partial charge on any atom is 0.295 e. The highest BCUT2D eigenvalue weighted by atomic mass is 16.5. The number of hydrogen-bond acceptors (Lipinski definition) is 7. The van der Waals surface area contributed by atoms with Gasteiger partial charge in [0.25, 0.3) is 11.7 Å². The Labute approximate surface area is 180 Å². The van der Waals surface area contributed by atoms with E-state index in [1.165, 1.54) is 4.90 Å². The third kappa shape index (κ3) is 4.30. The summed E-state index contributed by atoms with van der Waals surface area (Å²) < 4.78 is 10.5. The molecule has 0 saturated carbocycles. The van der Waals surface area contributed by atoms with E-state index >= 15 is 0 Å². The highest BCUT2D eigenvalue weighted by Crippen LogP contribution is 2.38. The summed E-state index contributed by atoms with van der Waals surface area (Å²) in [7, 11) is 1.55. The van der Waals surface area contributed by atoms with Gasteiger partial charge < -0.3 is 19.5 Å². The SMILES string of the molecule is COc1ccc(C(O)=C2C(=O)C(=O)N(CCN3CCOCC3)[C@@H]2c2ccccn2)cc1. The summed E-state index contributed by atoms with van der Waals surface area (Å²) in [4.78, 5) is 34.0. The molecule has 2 aliphatic rings. The first-order valence-electron chi connectivity index (χ1n) is 10.2. The molecule has 4 rings (SSSR count). The van der Waals surface area contributed by atoms with Gasteiger partial charge in [0.2, 0.25) is 0 Å². The molecule has 3 heterocycles. The molecule has 1 atom stereocenters. The normalized spacial score (nSPS) is 21.5. The Hall–Kier alpha value is -3.23. The Balaban J connectivity index is 1.70. The molecule has 0 radical (unpaired) electrons. The quantitative estimate of drug-likeness (QED) is 0.431. The second-order valence-corrected chi connectivity index (χ2v) is 7.43. The van der Waals surface area contributed by atoms with Crippen LogP contribution in [0, 0.1) is 0 Å². The van der Waals surface area contributed by atoms with Crippen molar-refractivity contribution in [3.05, 3.63) is 65.5 Å². The van der Waals surface area contributed by atoms with Gasteiger partial charge in [0, 0.05) is 37.9 Å². The van der Waals surface area contributed by atoms with Gasteiger partial charge in [0.15, 0.2) is 0 Å². The van der Waals surface area contributed by atoms with Crippen molar-refractivity contribution in [1.82, 2.24) is 14.8 Å². The molecule has 0 bridgehead atoms. The lowest BCUT2D eigenvalue weighted by Crippen LogP contribution is -2.42. The Kier molecular flexibility index (Phi) is 6.29. The molecule has 162 valence electrons. The van der Waals surface area contributed by atoms with Crippen LogP contribution in [0.4, 0.5) is 0 Å². The molecule has 2 saturated heterocycles. The van der Waals surface area contributed by atoms with Crippen LogP contribution in [0.3, 0.4) is 0 Å². The second-order valence-electron chi connectivity index (χ2n) is 7.43. The van der Waals surface area contributed by atoms with Crippen LogP contribution < -0.4 is 4.74 Å². The van der Waals surface area contributed by atoms with Gasteiger partial charge in [-0.05, 0) is 36.4 Å². The number of ether oxygens (including phenoxy) is 2. The zero-order chi connectivity index (χ0) is 21.8. The van der Waals surface area contributed by atoms with E-state index in [1.807, 2.05) is 0 Å². The number of rotatable bonds is 6. The maximum absolute atomic E-state index is 13.0. The number of morpholine rings is 1. The summed E-state index contributed by atoms with van der Waals surface area (Å²) in [6.45, 7) is 3.83. The molecule has 31 heavy (non-hydrogen) atoms. The zero-order valence-electron chi connectivity index (χ0n) is 17.4. The van der Waals surface area contributed by atoms with Gasteiger partial charge in [-0.3, -0.25) is 19.5 Å². The molecule has 8 heteroatoms. The highest BCUT2D eigenvalue weighted by Gasteiger charge is 2.46. The lowest BCUT2D eigenvalue weighted by Gasteiger charge is -2.30. The molecule has 0 spiro atoms. The van der Waals surface area contributed by atoms with Crippen LogP contribution in [0.15, 0.2) is 54.2 Å². The second kappa shape index (κ2) is 9.28. The number of methoxy groups -OCH3 is 1. The monoisotopic (exact) mass is 423 g/mol. The average Bonchev–Trinajstić information content (AvgIpc) is 3.08. The smallest absolute Gasteiger partial charge is 0.295 e. The highest BCUT2D eigenvalue weighted by molar-refractivity contribution is 6.46. The first-order chi connectivity index (χ1) is 15.1. The van der Waals surface area contributed by atoms with Gasteiger partial charge in [-0.1, -0.05) is 6.07 Å². The van der Waals surface area contributed by atoms with Crippen molar-refractivity contribution in [2.75, 3.05) is 46.5 Å². The number of Topliss-reactive ketones (excluding diaryl/α,β-unsaturated/α-hetero) is 1. The fraction of sp³-hybridized carbons (Fsp3) is 0.348. The Bertz CT molecular complexity index is 968. The van der Waals surface area contributed by atoms with Gasteiger partial charge in [-0.25, -0.2) is 0 Å². The largest absolute Gasteiger partial charge is 0.507 e. The maximum atomic E-state index is 13.0. The number of aromatic nitrogens is 1. The Morgan fingerprint density at radius 2 is 1.87 bits per heavy atom. The predicted molar refractivity (Wildman–Crippen MR) is 113 cm³/mol. The summed E-state index contributed by atoms with van der Waals surface area (Å²) in [6.07, 6.45) is 1.62. The zero-order valence-corrected chi connectivity index (χ0v) is 17.4. The fourth-order valence-electron chi connectivity index (χ4n) is 3.93. The minimum Gasteiger partial charge on any atom is -0.507 e. The lowest BCUT2D eigenvalue weighted by molar-refractivity contribution is -0.140. The number of aliphatic hydroxyl groups is 1. The van der Waals surface area contributed by atoms with Crippen LogP contribution in [-0.2, 0) is 14.3 Å². The fourth-order valence-corrected chi connectivity index (χ4v) is 3.93. The van der Waals surface area contributed by atoms with E-state index in [4.69, 9.17) is 9.47 Å². The predicted octanol–water partition coefficient (Wildman–Crippen LogP) is 1.84. The third-order valence-electron chi connectivity index (χ3n) is 5.63. The van der Waals surface area contributed by atoms with Crippen LogP contribution in [0.25, 0.3) is 5.76 Å². The van der Waals surface area contributed by atoms with E-state index in [0.29, 0.717) is 43.3 Å². The van der Waals surface area contributed by atoms with E-state index in [2.05, 4.69) is 9.88 Å². The van der Waals surface area contributed by atoms with E-state index in [-0.39, 0.29) is 11.3 Å². The van der Waals surface area contributed by atoms with E-state index < -0.39 is 17.7 Å². The van der Waals surface area contributed by atoms with Crippen molar-refractivity contribution in [3.8, 4) is 5.75 Å². The van der Waals surface area contributed by atoms with Crippen LogP contribution in [0.2, 0.25) is 0 Å². The van der Waals surface area contributed by atoms with Gasteiger partial charge in [-0.15, -0.1) is 0 Å². The molecule has 2 aromatic rings. The number of benzene rings is 1. The minimum absolute atomic E-state index is 0.0517. The number of likely N-dealkylation sites (tertiary alicyclic amines) is 1. The van der Waals surface area contributed by atoms with Crippen molar-refractivity contribution >= 4 is 17.4 Å². The molecule has 2 aliphatic heterocycles. The van der Waals surface area contributed by atoms with E-state index in [1.54, 1.807) is 55.8 Å². The van der Waals surface area contributed by atoms with Gasteiger partial charge in [0.05, 0.1) is 31.6 Å². The van der Waals surface area contributed by atoms with Crippen molar-refractivity contribution in [2.24, 2.45) is 0 Å². The van der Waals surface area contributed by atoms with Gasteiger partial charge in [-0.2, -0.15) is 0 Å². The third-order valence-corrected chi connectivity index (χ3v) is 5.63. The summed E-state index contributed by atoms with van der Waals surface area (Å²) in [5.41, 5.74) is 1.03. The average molecular weight is 423 g/mol. The summed E-state index contributed by atoms with van der Waals surface area (Å²) >= 11 is 0. The van der Waals surface area contributed by atoms with Crippen molar-refractivity contribution in [3.63, 3.8) is 0 Å². The van der Waals surface area contributed by atoms with Gasteiger partial charge >= 0.3 is 0 Å². The molecule has 0 unspecified atom stereocenters. The van der Waals surface area contributed by atoms with E-state index in [0.717, 1.165) is 13.1 Å². The summed E-state index contributed by atoms with van der Waals surface area (Å²) in [6, 6.07) is 11.3. The molecule has 2 fully saturated rings. The van der Waals surface area contributed by atoms with Gasteiger partial charge in [0.1, 0.15) is 17.6 Å². The summed E-state index contributed by atoms with van der Waals surface area (Å²) in [5.74, 6) is -0.917. The molecule has 1 aromatic heterocycles. The number of hydrogen-bond donors (Lipinski definition) is 1. The number of ketones is 1. The van der Waals surface area contributed by atoms with Crippen LogP contribution in [-0.4, -0.2) is 78.1 Å². The van der Waals surface area contributed by atoms with E-state index in [9.17, 15) is 14.7 Å². The molecule has 1 aromatic carbocycles. The molecule has 1 amide bonds. The van der Waals surface area contributed by atoms with Crippen molar-refractivity contribution < 1.29 is 24.2 Å². The molecular weight excluding hydrogens is 398 g/mol. The molecule has 8 nitrogen and oxygen atoms in total. The Morgan fingerprint density at radius 1 is 1.13 bits per heavy atom. The molecular formula is C23H25N3O5. The Morgan fingerprint density at radius 3 is 2.52 bits per heavy atom. The van der Waals surface area contributed by atoms with Crippen LogP contribution in [0.5, 0.6) is 5.75 Å². The number of nitrogens with zero attached hydrogens (tertiary/aromatic N) is 3. The lowest BCUT2D eigenvalue weighted by atomic mass is 9.98. The molecule has 0 aliphatic carbocycles. The minimum atomic E-state index is -0.746. The standard InChI is InChI=1S/C23H25N3O5/c1-30-17-7-5-16(6-8-17)21(27)19-20(18-4-2-3-9-24-18)26(23(29)22(19)28)11-10-25-12-14-31-15-13-25/h2-9,20,27H,10-15H2,1H3/t20-/m1/s1. The number of pyridine rings is 1. The summed E-state index contributed by atoms with van der Waals surface area (Å²) in [5, 5.41) is 11.0.